The van der Waals surface area contributed by atoms with Crippen LogP contribution in [0.3, 0.4) is 0 Å². The minimum atomic E-state index is -0.437. The van der Waals surface area contributed by atoms with Crippen molar-refractivity contribution in [3.05, 3.63) is 11.6 Å². The summed E-state index contributed by atoms with van der Waals surface area (Å²) in [6.07, 6.45) is 2.68. The third-order valence-electron chi connectivity index (χ3n) is 2.50. The van der Waals surface area contributed by atoms with Gasteiger partial charge in [-0.2, -0.15) is 0 Å². The second kappa shape index (κ2) is 6.66. The van der Waals surface area contributed by atoms with Crippen LogP contribution in [0, 0.1) is 0 Å². The van der Waals surface area contributed by atoms with Crippen LogP contribution in [0.4, 0.5) is 0 Å². The predicted molar refractivity (Wildman–Crippen MR) is 67.2 cm³/mol. The van der Waals surface area contributed by atoms with Crippen LogP contribution in [-0.2, 0) is 14.4 Å². The first-order valence-corrected chi connectivity index (χ1v) is 6.65. The molecule has 0 spiro atoms. The zero-order valence-corrected chi connectivity index (χ0v) is 11.2. The maximum Gasteiger partial charge on any atom is 0.267 e. The number of thioether (sulfide) groups is 1. The van der Waals surface area contributed by atoms with E-state index in [4.69, 9.17) is 0 Å². The molecule has 1 fully saturated rings. The summed E-state index contributed by atoms with van der Waals surface area (Å²) < 4.78 is 0. The van der Waals surface area contributed by atoms with Gasteiger partial charge in [0, 0.05) is 11.3 Å². The Morgan fingerprint density at radius 1 is 1.59 bits per heavy atom. The van der Waals surface area contributed by atoms with E-state index in [1.807, 2.05) is 13.0 Å². The zero-order valence-electron chi connectivity index (χ0n) is 10.4. The molecule has 1 heterocycles. The molecule has 0 saturated carbocycles. The standard InChI is InChI=1S/C11H18N2O3S/c1-4-5-8(2)11(15)13-7-17-6-9(13)10(14)12-16-3/h5,9H,4,6-7H2,1-3H3,(H,12,14)/b8-5+/t9-/m1/s1. The van der Waals surface area contributed by atoms with Crippen LogP contribution in [0.5, 0.6) is 0 Å². The number of carbonyl (C=O) groups is 2. The van der Waals surface area contributed by atoms with Crippen molar-refractivity contribution in [2.45, 2.75) is 26.3 Å². The van der Waals surface area contributed by atoms with E-state index in [-0.39, 0.29) is 11.8 Å². The van der Waals surface area contributed by atoms with E-state index in [2.05, 4.69) is 10.3 Å². The summed E-state index contributed by atoms with van der Waals surface area (Å²) >= 11 is 1.57. The SMILES string of the molecule is CC/C=C(\C)C(=O)N1CSC[C@@H]1C(=O)NOC. The fourth-order valence-electron chi connectivity index (χ4n) is 1.65. The molecule has 1 rings (SSSR count). The van der Waals surface area contributed by atoms with Crippen molar-refractivity contribution >= 4 is 23.6 Å². The summed E-state index contributed by atoms with van der Waals surface area (Å²) in [5, 5.41) is 0. The van der Waals surface area contributed by atoms with Crippen molar-refractivity contribution in [2.75, 3.05) is 18.7 Å². The van der Waals surface area contributed by atoms with Crippen LogP contribution in [0.1, 0.15) is 20.3 Å². The van der Waals surface area contributed by atoms with Gasteiger partial charge < -0.3 is 4.90 Å². The molecular weight excluding hydrogens is 240 g/mol. The molecule has 5 nitrogen and oxygen atoms in total. The normalized spacial score (nSPS) is 20.5. The molecule has 1 saturated heterocycles. The molecule has 0 bridgehead atoms. The lowest BCUT2D eigenvalue weighted by Crippen LogP contribution is -2.47. The molecule has 1 aliphatic rings. The maximum atomic E-state index is 12.1. The number of hydroxylamine groups is 1. The molecule has 0 radical (unpaired) electrons. The molecule has 96 valence electrons. The van der Waals surface area contributed by atoms with Crippen molar-refractivity contribution in [2.24, 2.45) is 0 Å². The number of hydrogen-bond donors (Lipinski definition) is 1. The third kappa shape index (κ3) is 3.47. The van der Waals surface area contributed by atoms with Gasteiger partial charge in [0.1, 0.15) is 6.04 Å². The van der Waals surface area contributed by atoms with Crippen LogP contribution >= 0.6 is 11.8 Å². The minimum Gasteiger partial charge on any atom is -0.317 e. The summed E-state index contributed by atoms with van der Waals surface area (Å²) in [4.78, 5) is 29.9. The molecule has 1 atom stereocenters. The van der Waals surface area contributed by atoms with E-state index < -0.39 is 6.04 Å². The Kier molecular flexibility index (Phi) is 5.50. The molecule has 1 N–H and O–H groups in total. The molecule has 17 heavy (non-hydrogen) atoms. The van der Waals surface area contributed by atoms with Gasteiger partial charge in [0.25, 0.3) is 11.8 Å². The van der Waals surface area contributed by atoms with E-state index >= 15 is 0 Å². The summed E-state index contributed by atoms with van der Waals surface area (Å²) in [7, 11) is 1.38. The van der Waals surface area contributed by atoms with E-state index in [1.165, 1.54) is 7.11 Å². The van der Waals surface area contributed by atoms with Crippen molar-refractivity contribution in [1.29, 1.82) is 0 Å². The maximum absolute atomic E-state index is 12.1. The number of amides is 2. The van der Waals surface area contributed by atoms with Crippen molar-refractivity contribution < 1.29 is 14.4 Å². The average molecular weight is 258 g/mol. The Hall–Kier alpha value is -1.01. The molecule has 0 unspecified atom stereocenters. The zero-order chi connectivity index (χ0) is 12.8. The van der Waals surface area contributed by atoms with Gasteiger partial charge in [-0.25, -0.2) is 5.48 Å². The second-order valence-electron chi connectivity index (χ2n) is 3.76. The molecular formula is C11H18N2O3S. The Bertz CT molecular complexity index is 331. The highest BCUT2D eigenvalue weighted by atomic mass is 32.2. The van der Waals surface area contributed by atoms with Gasteiger partial charge in [0.2, 0.25) is 0 Å². The van der Waals surface area contributed by atoms with Crippen LogP contribution in [-0.4, -0.2) is 41.5 Å². The van der Waals surface area contributed by atoms with Gasteiger partial charge in [0.05, 0.1) is 13.0 Å². The van der Waals surface area contributed by atoms with Gasteiger partial charge in [-0.15, -0.1) is 11.8 Å². The third-order valence-corrected chi connectivity index (χ3v) is 3.51. The fourth-order valence-corrected chi connectivity index (χ4v) is 2.80. The molecule has 1 aliphatic heterocycles. The molecule has 6 heteroatoms. The lowest BCUT2D eigenvalue weighted by atomic mass is 10.2. The quantitative estimate of drug-likeness (QED) is 0.602. The lowest BCUT2D eigenvalue weighted by molar-refractivity contribution is -0.141. The van der Waals surface area contributed by atoms with Crippen LogP contribution in [0.2, 0.25) is 0 Å². The number of nitrogens with one attached hydrogen (secondary N) is 1. The van der Waals surface area contributed by atoms with E-state index in [9.17, 15) is 9.59 Å². The smallest absolute Gasteiger partial charge is 0.267 e. The minimum absolute atomic E-state index is 0.0758. The molecule has 0 aromatic carbocycles. The number of hydrogen-bond acceptors (Lipinski definition) is 4. The topological polar surface area (TPSA) is 58.6 Å². The van der Waals surface area contributed by atoms with Crippen LogP contribution in [0.25, 0.3) is 0 Å². The molecule has 0 aliphatic carbocycles. The van der Waals surface area contributed by atoms with E-state index in [0.717, 1.165) is 6.42 Å². The Morgan fingerprint density at radius 3 is 2.88 bits per heavy atom. The number of nitrogens with zero attached hydrogens (tertiary/aromatic N) is 1. The van der Waals surface area contributed by atoms with E-state index in [1.54, 1.807) is 23.6 Å². The number of allylic oxidation sites excluding steroid dienone is 1. The highest BCUT2D eigenvalue weighted by molar-refractivity contribution is 7.99. The number of carbonyl (C=O) groups excluding carboxylic acids is 2. The summed E-state index contributed by atoms with van der Waals surface area (Å²) in [6, 6.07) is -0.437. The summed E-state index contributed by atoms with van der Waals surface area (Å²) in [5.41, 5.74) is 2.96. The Labute approximate surface area is 106 Å². The highest BCUT2D eigenvalue weighted by Crippen LogP contribution is 2.23. The molecule has 0 aromatic heterocycles. The van der Waals surface area contributed by atoms with E-state index in [0.29, 0.717) is 17.2 Å². The van der Waals surface area contributed by atoms with Crippen molar-refractivity contribution in [3.8, 4) is 0 Å². The second-order valence-corrected chi connectivity index (χ2v) is 4.76. The molecule has 0 aromatic rings. The largest absolute Gasteiger partial charge is 0.317 e. The van der Waals surface area contributed by atoms with Gasteiger partial charge in [0.15, 0.2) is 0 Å². The summed E-state index contributed by atoms with van der Waals surface area (Å²) in [6.45, 7) is 3.75. The van der Waals surface area contributed by atoms with Crippen LogP contribution < -0.4 is 5.48 Å². The first-order chi connectivity index (χ1) is 8.11. The predicted octanol–water partition coefficient (Wildman–Crippen LogP) is 0.922. The van der Waals surface area contributed by atoms with Gasteiger partial charge in [-0.3, -0.25) is 14.4 Å². The first kappa shape index (κ1) is 14.1. The molecule has 2 amide bonds. The van der Waals surface area contributed by atoms with Crippen molar-refractivity contribution in [1.82, 2.24) is 10.4 Å². The van der Waals surface area contributed by atoms with Gasteiger partial charge in [-0.05, 0) is 13.3 Å². The summed E-state index contributed by atoms with van der Waals surface area (Å²) in [5.74, 6) is 0.818. The van der Waals surface area contributed by atoms with Crippen LogP contribution in [0.15, 0.2) is 11.6 Å². The Balaban J connectivity index is 2.72. The fraction of sp³-hybridized carbons (Fsp3) is 0.636. The number of rotatable bonds is 4. The van der Waals surface area contributed by atoms with Crippen molar-refractivity contribution in [3.63, 3.8) is 0 Å². The lowest BCUT2D eigenvalue weighted by Gasteiger charge is -2.22. The monoisotopic (exact) mass is 258 g/mol. The highest BCUT2D eigenvalue weighted by Gasteiger charge is 2.34. The Morgan fingerprint density at radius 2 is 2.29 bits per heavy atom. The first-order valence-electron chi connectivity index (χ1n) is 5.50. The van der Waals surface area contributed by atoms with Gasteiger partial charge in [-0.1, -0.05) is 13.0 Å². The average Bonchev–Trinajstić information content (AvgIpc) is 2.77. The van der Waals surface area contributed by atoms with Gasteiger partial charge >= 0.3 is 0 Å².